The van der Waals surface area contributed by atoms with Crippen molar-refractivity contribution < 1.29 is 14.3 Å². The van der Waals surface area contributed by atoms with E-state index in [1.807, 2.05) is 55.5 Å². The Hall–Kier alpha value is -2.48. The molecular formula is C22H20N2O3S2. The maximum atomic E-state index is 13.4. The highest BCUT2D eigenvalue weighted by Gasteiger charge is 2.41. The van der Waals surface area contributed by atoms with Crippen LogP contribution >= 0.6 is 24.0 Å². The summed E-state index contributed by atoms with van der Waals surface area (Å²) in [4.78, 5) is 30.0. The van der Waals surface area contributed by atoms with Crippen molar-refractivity contribution in [2.75, 3.05) is 25.2 Å². The molecule has 0 bridgehead atoms. The average Bonchev–Trinajstić information content (AvgIpc) is 3.15. The van der Waals surface area contributed by atoms with Crippen molar-refractivity contribution in [1.29, 1.82) is 0 Å². The normalized spacial score (nSPS) is 18.8. The molecule has 0 saturated carbocycles. The molecular weight excluding hydrogens is 404 g/mol. The van der Waals surface area contributed by atoms with Crippen LogP contribution in [-0.4, -0.2) is 41.3 Å². The van der Waals surface area contributed by atoms with Crippen LogP contribution in [0, 0.1) is 6.92 Å². The number of para-hydroxylation sites is 1. The zero-order valence-electron chi connectivity index (χ0n) is 16.2. The van der Waals surface area contributed by atoms with E-state index in [1.54, 1.807) is 12.0 Å². The number of hydrogen-bond acceptors (Lipinski definition) is 5. The molecule has 0 spiro atoms. The Bertz CT molecular complexity index is 1030. The molecule has 7 heteroatoms. The molecule has 0 radical (unpaired) electrons. The van der Waals surface area contributed by atoms with Crippen molar-refractivity contribution in [2.45, 2.75) is 13.5 Å². The van der Waals surface area contributed by atoms with Crippen molar-refractivity contribution >= 4 is 51.4 Å². The quantitative estimate of drug-likeness (QED) is 0.540. The first-order valence-corrected chi connectivity index (χ1v) is 10.5. The van der Waals surface area contributed by atoms with Crippen LogP contribution in [0.2, 0.25) is 0 Å². The highest BCUT2D eigenvalue weighted by molar-refractivity contribution is 8.26. The second-order valence-corrected chi connectivity index (χ2v) is 8.56. The topological polar surface area (TPSA) is 49.9 Å². The number of hydrogen-bond donors (Lipinski definition) is 0. The van der Waals surface area contributed by atoms with Crippen molar-refractivity contribution in [3.8, 4) is 0 Å². The summed E-state index contributed by atoms with van der Waals surface area (Å²) < 4.78 is 5.53. The number of benzene rings is 2. The van der Waals surface area contributed by atoms with Crippen LogP contribution in [0.1, 0.15) is 16.7 Å². The van der Waals surface area contributed by atoms with E-state index in [1.165, 1.54) is 22.2 Å². The number of carbonyl (C=O) groups excluding carboxylic acids is 2. The van der Waals surface area contributed by atoms with Crippen LogP contribution in [0.25, 0.3) is 5.57 Å². The van der Waals surface area contributed by atoms with E-state index < -0.39 is 0 Å². The highest BCUT2D eigenvalue weighted by Crippen LogP contribution is 2.44. The number of aryl methyl sites for hydroxylation is 1. The predicted molar refractivity (Wildman–Crippen MR) is 120 cm³/mol. The van der Waals surface area contributed by atoms with E-state index in [0.29, 0.717) is 34.5 Å². The summed E-state index contributed by atoms with van der Waals surface area (Å²) in [6, 6.07) is 15.7. The van der Waals surface area contributed by atoms with Crippen molar-refractivity contribution in [2.24, 2.45) is 0 Å². The number of thiocarbonyl (C=S) groups is 1. The van der Waals surface area contributed by atoms with Gasteiger partial charge < -0.3 is 9.64 Å². The van der Waals surface area contributed by atoms with Gasteiger partial charge in [-0.25, -0.2) is 0 Å². The van der Waals surface area contributed by atoms with E-state index in [2.05, 4.69) is 0 Å². The van der Waals surface area contributed by atoms with Crippen LogP contribution in [0.15, 0.2) is 53.4 Å². The minimum absolute atomic E-state index is 0.168. The fourth-order valence-electron chi connectivity index (χ4n) is 3.46. The standard InChI is InChI=1S/C22H20N2O3S2/c1-14-7-9-15(10-8-14)13-24-17-6-4-3-5-16(17)18(20(24)25)19-21(26)23(11-12-27-2)22(28)29-19/h3-10H,11-13H2,1-2H3. The molecule has 0 aromatic heterocycles. The second kappa shape index (κ2) is 8.10. The first-order chi connectivity index (χ1) is 14.0. The number of ether oxygens (including phenoxy) is 1. The lowest BCUT2D eigenvalue weighted by Gasteiger charge is -2.17. The molecule has 2 aliphatic heterocycles. The van der Waals surface area contributed by atoms with Crippen LogP contribution < -0.4 is 4.90 Å². The molecule has 1 fully saturated rings. The van der Waals surface area contributed by atoms with E-state index >= 15 is 0 Å². The Balaban J connectivity index is 1.73. The van der Waals surface area contributed by atoms with Crippen molar-refractivity contribution in [3.05, 3.63) is 70.1 Å². The van der Waals surface area contributed by atoms with Gasteiger partial charge in [0, 0.05) is 12.7 Å². The lowest BCUT2D eigenvalue weighted by atomic mass is 10.1. The Labute approximate surface area is 179 Å². The summed E-state index contributed by atoms with van der Waals surface area (Å²) in [5.74, 6) is -0.397. The third-order valence-electron chi connectivity index (χ3n) is 4.98. The van der Waals surface area contributed by atoms with Crippen LogP contribution in [-0.2, 0) is 20.9 Å². The molecule has 2 heterocycles. The monoisotopic (exact) mass is 424 g/mol. The smallest absolute Gasteiger partial charge is 0.267 e. The van der Waals surface area contributed by atoms with Gasteiger partial charge >= 0.3 is 0 Å². The SMILES string of the molecule is COCCN1C(=O)C(=C2C(=O)N(Cc3ccc(C)cc3)c3ccccc32)SC1=S. The molecule has 4 rings (SSSR count). The summed E-state index contributed by atoms with van der Waals surface area (Å²) in [7, 11) is 1.58. The van der Waals surface area contributed by atoms with Gasteiger partial charge in [0.05, 0.1) is 35.9 Å². The lowest BCUT2D eigenvalue weighted by Crippen LogP contribution is -2.32. The molecule has 148 valence electrons. The van der Waals surface area contributed by atoms with Gasteiger partial charge in [-0.3, -0.25) is 14.5 Å². The fraction of sp³-hybridized carbons (Fsp3) is 0.227. The Morgan fingerprint density at radius 2 is 1.72 bits per heavy atom. The second-order valence-electron chi connectivity index (χ2n) is 6.92. The van der Waals surface area contributed by atoms with Gasteiger partial charge in [0.15, 0.2) is 0 Å². The summed E-state index contributed by atoms with van der Waals surface area (Å²) in [5, 5.41) is 0. The molecule has 5 nitrogen and oxygen atoms in total. The van der Waals surface area contributed by atoms with Crippen LogP contribution in [0.3, 0.4) is 0 Å². The molecule has 0 atom stereocenters. The number of thioether (sulfide) groups is 1. The number of methoxy groups -OCH3 is 1. The van der Waals surface area contributed by atoms with E-state index in [0.717, 1.165) is 16.8 Å². The molecule has 2 aromatic carbocycles. The van der Waals surface area contributed by atoms with E-state index in [9.17, 15) is 9.59 Å². The number of amides is 2. The van der Waals surface area contributed by atoms with Crippen molar-refractivity contribution in [3.63, 3.8) is 0 Å². The molecule has 2 amide bonds. The van der Waals surface area contributed by atoms with E-state index in [-0.39, 0.29) is 11.8 Å². The zero-order valence-corrected chi connectivity index (χ0v) is 17.8. The summed E-state index contributed by atoms with van der Waals surface area (Å²) in [6.45, 7) is 3.24. The molecule has 0 aliphatic carbocycles. The van der Waals surface area contributed by atoms with Gasteiger partial charge in [-0.05, 0) is 18.6 Å². The van der Waals surface area contributed by atoms with Gasteiger partial charge in [-0.15, -0.1) is 0 Å². The minimum atomic E-state index is -0.229. The highest BCUT2D eigenvalue weighted by atomic mass is 32.2. The Kier molecular flexibility index (Phi) is 5.54. The van der Waals surface area contributed by atoms with Gasteiger partial charge in [0.2, 0.25) is 0 Å². The Morgan fingerprint density at radius 3 is 2.45 bits per heavy atom. The average molecular weight is 425 g/mol. The molecule has 2 aliphatic rings. The van der Waals surface area contributed by atoms with Gasteiger partial charge in [0.1, 0.15) is 4.32 Å². The predicted octanol–water partition coefficient (Wildman–Crippen LogP) is 3.76. The number of anilines is 1. The summed E-state index contributed by atoms with van der Waals surface area (Å²) in [6.07, 6.45) is 0. The Morgan fingerprint density at radius 1 is 1.00 bits per heavy atom. The van der Waals surface area contributed by atoms with Crippen LogP contribution in [0.5, 0.6) is 0 Å². The fourth-order valence-corrected chi connectivity index (χ4v) is 4.84. The zero-order chi connectivity index (χ0) is 20.5. The lowest BCUT2D eigenvalue weighted by molar-refractivity contribution is -0.123. The van der Waals surface area contributed by atoms with Gasteiger partial charge in [0.25, 0.3) is 11.8 Å². The van der Waals surface area contributed by atoms with Gasteiger partial charge in [-0.2, -0.15) is 0 Å². The number of carbonyl (C=O) groups is 2. The number of nitrogens with zero attached hydrogens (tertiary/aromatic N) is 2. The maximum absolute atomic E-state index is 13.4. The summed E-state index contributed by atoms with van der Waals surface area (Å²) >= 11 is 6.57. The van der Waals surface area contributed by atoms with Crippen molar-refractivity contribution in [1.82, 2.24) is 4.90 Å². The maximum Gasteiger partial charge on any atom is 0.267 e. The first-order valence-electron chi connectivity index (χ1n) is 9.25. The molecule has 0 N–H and O–H groups in total. The summed E-state index contributed by atoms with van der Waals surface area (Å²) in [5.41, 5.74) is 4.23. The first kappa shape index (κ1) is 19.8. The minimum Gasteiger partial charge on any atom is -0.383 e. The van der Waals surface area contributed by atoms with Crippen LogP contribution in [0.4, 0.5) is 5.69 Å². The number of rotatable bonds is 5. The molecule has 0 unspecified atom stereocenters. The largest absolute Gasteiger partial charge is 0.383 e. The van der Waals surface area contributed by atoms with Gasteiger partial charge in [-0.1, -0.05) is 72.0 Å². The molecule has 29 heavy (non-hydrogen) atoms. The third kappa shape index (κ3) is 3.61. The third-order valence-corrected chi connectivity index (χ3v) is 6.43. The van der Waals surface area contributed by atoms with E-state index in [4.69, 9.17) is 17.0 Å². The molecule has 2 aromatic rings. The molecule has 1 saturated heterocycles. The number of fused-ring (bicyclic) bond motifs is 1.